The average Bonchev–Trinajstić information content (AvgIpc) is 2.33. The number of amides is 1. The highest BCUT2D eigenvalue weighted by Gasteiger charge is 2.31. The van der Waals surface area contributed by atoms with Crippen molar-refractivity contribution in [2.45, 2.75) is 44.8 Å². The van der Waals surface area contributed by atoms with Crippen molar-refractivity contribution in [3.63, 3.8) is 0 Å². The fourth-order valence-electron chi connectivity index (χ4n) is 2.53. The average molecular weight is 226 g/mol. The third-order valence-corrected chi connectivity index (χ3v) is 3.84. The van der Waals surface area contributed by atoms with Crippen molar-refractivity contribution < 1.29 is 9.90 Å². The highest BCUT2D eigenvalue weighted by atomic mass is 16.3. The van der Waals surface area contributed by atoms with Crippen molar-refractivity contribution in [3.05, 3.63) is 0 Å². The largest absolute Gasteiger partial charge is 0.391 e. The molecule has 4 nitrogen and oxygen atoms in total. The first kappa shape index (κ1) is 11.9. The van der Waals surface area contributed by atoms with Crippen LogP contribution < -0.4 is 5.32 Å². The first-order valence-corrected chi connectivity index (χ1v) is 6.38. The Hall–Kier alpha value is -0.610. The van der Waals surface area contributed by atoms with Crippen molar-refractivity contribution in [1.29, 1.82) is 0 Å². The maximum Gasteiger partial charge on any atom is 0.239 e. The summed E-state index contributed by atoms with van der Waals surface area (Å²) in [6, 6.07) is -0.00523. The van der Waals surface area contributed by atoms with E-state index in [2.05, 4.69) is 5.32 Å². The second kappa shape index (κ2) is 5.15. The van der Waals surface area contributed by atoms with Crippen LogP contribution in [0.1, 0.15) is 32.6 Å². The van der Waals surface area contributed by atoms with Crippen molar-refractivity contribution >= 4 is 5.91 Å². The highest BCUT2D eigenvalue weighted by Crippen LogP contribution is 2.19. The zero-order chi connectivity index (χ0) is 11.5. The van der Waals surface area contributed by atoms with Crippen LogP contribution in [0, 0.1) is 5.92 Å². The van der Waals surface area contributed by atoms with Crippen LogP contribution in [0.4, 0.5) is 0 Å². The molecular formula is C12H22N2O2. The molecule has 3 atom stereocenters. The van der Waals surface area contributed by atoms with Crippen LogP contribution in [-0.2, 0) is 4.79 Å². The fraction of sp³-hybridized carbons (Fsp3) is 0.917. The Morgan fingerprint density at radius 1 is 1.38 bits per heavy atom. The van der Waals surface area contributed by atoms with E-state index in [1.807, 2.05) is 11.8 Å². The lowest BCUT2D eigenvalue weighted by Gasteiger charge is -2.37. The zero-order valence-corrected chi connectivity index (χ0v) is 9.98. The predicted octanol–water partition coefficient (Wildman–Crippen LogP) is 0.358. The van der Waals surface area contributed by atoms with Gasteiger partial charge in [-0.15, -0.1) is 0 Å². The molecule has 4 heteroatoms. The minimum atomic E-state index is -0.346. The SMILES string of the molecule is CC1CCN(C(=O)C2CCCCN2)CC1O. The van der Waals surface area contributed by atoms with E-state index < -0.39 is 0 Å². The molecule has 92 valence electrons. The lowest BCUT2D eigenvalue weighted by molar-refractivity contribution is -0.138. The number of aliphatic hydroxyl groups is 1. The molecule has 0 bridgehead atoms. The molecule has 0 spiro atoms. The van der Waals surface area contributed by atoms with Gasteiger partial charge in [-0.3, -0.25) is 4.79 Å². The van der Waals surface area contributed by atoms with Crippen LogP contribution in [0.15, 0.2) is 0 Å². The summed E-state index contributed by atoms with van der Waals surface area (Å²) >= 11 is 0. The summed E-state index contributed by atoms with van der Waals surface area (Å²) in [5.74, 6) is 0.508. The van der Waals surface area contributed by atoms with Crippen molar-refractivity contribution in [2.24, 2.45) is 5.92 Å². The topological polar surface area (TPSA) is 52.6 Å². The van der Waals surface area contributed by atoms with Crippen LogP contribution >= 0.6 is 0 Å². The number of aliphatic hydroxyl groups excluding tert-OH is 1. The van der Waals surface area contributed by atoms with Gasteiger partial charge in [-0.25, -0.2) is 0 Å². The van der Waals surface area contributed by atoms with E-state index in [9.17, 15) is 9.90 Å². The van der Waals surface area contributed by atoms with Crippen LogP contribution in [0.25, 0.3) is 0 Å². The molecule has 16 heavy (non-hydrogen) atoms. The van der Waals surface area contributed by atoms with E-state index in [4.69, 9.17) is 0 Å². The normalized spacial score (nSPS) is 36.1. The number of β-amino-alcohol motifs (C(OH)–C–C–N with tert-alkyl or cyclic N) is 1. The lowest BCUT2D eigenvalue weighted by atomic mass is 9.94. The maximum absolute atomic E-state index is 12.2. The number of hydrogen-bond donors (Lipinski definition) is 2. The van der Waals surface area contributed by atoms with Gasteiger partial charge in [0.1, 0.15) is 0 Å². The fourth-order valence-corrected chi connectivity index (χ4v) is 2.53. The highest BCUT2D eigenvalue weighted by molar-refractivity contribution is 5.82. The summed E-state index contributed by atoms with van der Waals surface area (Å²) in [5, 5.41) is 13.1. The summed E-state index contributed by atoms with van der Waals surface area (Å²) in [4.78, 5) is 14.0. The minimum Gasteiger partial charge on any atom is -0.391 e. The van der Waals surface area contributed by atoms with Crippen LogP contribution in [-0.4, -0.2) is 47.7 Å². The standard InChI is InChI=1S/C12H22N2O2/c1-9-5-7-14(8-11(9)15)12(16)10-4-2-3-6-13-10/h9-11,13,15H,2-8H2,1H3. The van der Waals surface area contributed by atoms with Gasteiger partial charge in [-0.2, -0.15) is 0 Å². The van der Waals surface area contributed by atoms with E-state index in [0.29, 0.717) is 12.5 Å². The molecular weight excluding hydrogens is 204 g/mol. The summed E-state index contributed by atoms with van der Waals surface area (Å²) < 4.78 is 0. The summed E-state index contributed by atoms with van der Waals surface area (Å²) in [6.07, 6.45) is 3.82. The molecule has 2 saturated heterocycles. The molecule has 0 aromatic rings. The van der Waals surface area contributed by atoms with Crippen LogP contribution in [0.2, 0.25) is 0 Å². The number of rotatable bonds is 1. The number of carbonyl (C=O) groups excluding carboxylic acids is 1. The minimum absolute atomic E-state index is 0.00523. The Kier molecular flexibility index (Phi) is 3.82. The zero-order valence-electron chi connectivity index (χ0n) is 9.98. The Bertz CT molecular complexity index is 251. The molecule has 0 aromatic heterocycles. The third kappa shape index (κ3) is 2.55. The van der Waals surface area contributed by atoms with E-state index >= 15 is 0 Å². The number of carbonyl (C=O) groups is 1. The maximum atomic E-state index is 12.2. The third-order valence-electron chi connectivity index (χ3n) is 3.84. The first-order chi connectivity index (χ1) is 7.68. The van der Waals surface area contributed by atoms with Gasteiger partial charge in [0, 0.05) is 13.1 Å². The van der Waals surface area contributed by atoms with Gasteiger partial charge in [0.25, 0.3) is 0 Å². The molecule has 2 aliphatic heterocycles. The Labute approximate surface area is 97.0 Å². The molecule has 2 rings (SSSR count). The van der Waals surface area contributed by atoms with Gasteiger partial charge in [0.2, 0.25) is 5.91 Å². The van der Waals surface area contributed by atoms with Crippen molar-refractivity contribution in [3.8, 4) is 0 Å². The van der Waals surface area contributed by atoms with Gasteiger partial charge in [-0.05, 0) is 31.7 Å². The number of piperidine rings is 2. The molecule has 2 aliphatic rings. The van der Waals surface area contributed by atoms with Gasteiger partial charge < -0.3 is 15.3 Å². The van der Waals surface area contributed by atoms with E-state index in [-0.39, 0.29) is 18.1 Å². The molecule has 3 unspecified atom stereocenters. The van der Waals surface area contributed by atoms with Gasteiger partial charge in [0.15, 0.2) is 0 Å². The monoisotopic (exact) mass is 226 g/mol. The van der Waals surface area contributed by atoms with Gasteiger partial charge in [0.05, 0.1) is 12.1 Å². The smallest absolute Gasteiger partial charge is 0.239 e. The molecule has 0 radical (unpaired) electrons. The number of likely N-dealkylation sites (tertiary alicyclic amines) is 1. The quantitative estimate of drug-likeness (QED) is 0.678. The van der Waals surface area contributed by atoms with Crippen molar-refractivity contribution in [2.75, 3.05) is 19.6 Å². The summed E-state index contributed by atoms with van der Waals surface area (Å²) in [5.41, 5.74) is 0. The van der Waals surface area contributed by atoms with Gasteiger partial charge in [-0.1, -0.05) is 13.3 Å². The number of nitrogens with zero attached hydrogens (tertiary/aromatic N) is 1. The molecule has 1 amide bonds. The second-order valence-corrected chi connectivity index (χ2v) is 5.12. The van der Waals surface area contributed by atoms with Crippen LogP contribution in [0.5, 0.6) is 0 Å². The van der Waals surface area contributed by atoms with Crippen LogP contribution in [0.3, 0.4) is 0 Å². The summed E-state index contributed by atoms with van der Waals surface area (Å²) in [6.45, 7) is 4.31. The second-order valence-electron chi connectivity index (χ2n) is 5.12. The molecule has 0 aromatic carbocycles. The number of nitrogens with one attached hydrogen (secondary N) is 1. The Morgan fingerprint density at radius 2 is 2.19 bits per heavy atom. The lowest BCUT2D eigenvalue weighted by Crippen LogP contribution is -2.53. The van der Waals surface area contributed by atoms with E-state index in [0.717, 1.165) is 32.4 Å². The van der Waals surface area contributed by atoms with E-state index in [1.54, 1.807) is 0 Å². The predicted molar refractivity (Wildman–Crippen MR) is 62.0 cm³/mol. The molecule has 0 aliphatic carbocycles. The molecule has 2 heterocycles. The molecule has 2 N–H and O–H groups in total. The number of hydrogen-bond acceptors (Lipinski definition) is 3. The van der Waals surface area contributed by atoms with Crippen molar-refractivity contribution in [1.82, 2.24) is 10.2 Å². The van der Waals surface area contributed by atoms with Gasteiger partial charge >= 0.3 is 0 Å². The van der Waals surface area contributed by atoms with E-state index in [1.165, 1.54) is 6.42 Å². The first-order valence-electron chi connectivity index (χ1n) is 6.38. The molecule has 2 fully saturated rings. The Morgan fingerprint density at radius 3 is 2.81 bits per heavy atom. The Balaban J connectivity index is 1.89. The molecule has 0 saturated carbocycles. The summed E-state index contributed by atoms with van der Waals surface area (Å²) in [7, 11) is 0.